The van der Waals surface area contributed by atoms with Crippen molar-refractivity contribution in [2.75, 3.05) is 18.5 Å². The van der Waals surface area contributed by atoms with Gasteiger partial charge in [0.1, 0.15) is 13.2 Å². The third-order valence-electron chi connectivity index (χ3n) is 4.90. The minimum Gasteiger partial charge on any atom is -0.456 e. The molecule has 0 saturated heterocycles. The number of rotatable bonds is 4. The van der Waals surface area contributed by atoms with Gasteiger partial charge < -0.3 is 15.4 Å². The molecule has 3 amide bonds. The monoisotopic (exact) mass is 445 g/mol. The molecule has 2 aromatic carbocycles. The van der Waals surface area contributed by atoms with Gasteiger partial charge in [0.25, 0.3) is 0 Å². The van der Waals surface area contributed by atoms with Crippen molar-refractivity contribution in [1.29, 1.82) is 0 Å². The van der Waals surface area contributed by atoms with Crippen LogP contribution in [0.2, 0.25) is 10.0 Å². The van der Waals surface area contributed by atoms with E-state index < -0.39 is 23.9 Å². The molecule has 1 atom stereocenters. The van der Waals surface area contributed by atoms with Crippen LogP contribution in [0.3, 0.4) is 0 Å². The van der Waals surface area contributed by atoms with Gasteiger partial charge in [-0.1, -0.05) is 41.4 Å². The second-order valence-corrected chi connectivity index (χ2v) is 7.83. The summed E-state index contributed by atoms with van der Waals surface area (Å²) in [7, 11) is 0. The van der Waals surface area contributed by atoms with E-state index in [0.29, 0.717) is 32.6 Å². The molecule has 7 nitrogen and oxygen atoms in total. The molecular formula is C21H17Cl2N3O4. The summed E-state index contributed by atoms with van der Waals surface area (Å²) in [5.41, 5.74) is 2.76. The summed E-state index contributed by atoms with van der Waals surface area (Å²) in [5.74, 6) is -0.982. The Morgan fingerprint density at radius 3 is 2.63 bits per heavy atom. The van der Waals surface area contributed by atoms with Gasteiger partial charge in [0, 0.05) is 5.02 Å². The van der Waals surface area contributed by atoms with Crippen LogP contribution in [0.5, 0.6) is 0 Å². The summed E-state index contributed by atoms with van der Waals surface area (Å²) >= 11 is 12.1. The SMILES string of the molecule is Cc1ccc(NC(=O)CN2C(=O)N[C@@H](c3ccc(Cl)cc3)C3=C2COC3=O)c(Cl)c1. The number of aryl methyl sites for hydroxylation is 1. The average molecular weight is 446 g/mol. The predicted molar refractivity (Wildman–Crippen MR) is 112 cm³/mol. The van der Waals surface area contributed by atoms with Crippen LogP contribution in [0.4, 0.5) is 10.5 Å². The molecule has 0 fully saturated rings. The number of ether oxygens (including phenoxy) is 1. The second kappa shape index (κ2) is 8.01. The van der Waals surface area contributed by atoms with Crippen molar-refractivity contribution in [2.24, 2.45) is 0 Å². The van der Waals surface area contributed by atoms with Crippen LogP contribution in [0.1, 0.15) is 17.2 Å². The Morgan fingerprint density at radius 2 is 1.93 bits per heavy atom. The molecule has 9 heteroatoms. The number of hydrogen-bond donors (Lipinski definition) is 2. The highest BCUT2D eigenvalue weighted by atomic mass is 35.5. The van der Waals surface area contributed by atoms with E-state index in [9.17, 15) is 14.4 Å². The van der Waals surface area contributed by atoms with Crippen LogP contribution in [0, 0.1) is 6.92 Å². The molecule has 2 N–H and O–H groups in total. The Balaban J connectivity index is 1.59. The van der Waals surface area contributed by atoms with Crippen LogP contribution >= 0.6 is 23.2 Å². The zero-order valence-electron chi connectivity index (χ0n) is 15.9. The van der Waals surface area contributed by atoms with Crippen LogP contribution < -0.4 is 10.6 Å². The van der Waals surface area contributed by atoms with E-state index in [1.165, 1.54) is 4.90 Å². The van der Waals surface area contributed by atoms with Crippen molar-refractivity contribution in [3.05, 3.63) is 74.9 Å². The fourth-order valence-electron chi connectivity index (χ4n) is 3.44. The largest absolute Gasteiger partial charge is 0.456 e. The van der Waals surface area contributed by atoms with E-state index in [1.54, 1.807) is 36.4 Å². The molecular weight excluding hydrogens is 429 g/mol. The second-order valence-electron chi connectivity index (χ2n) is 6.99. The molecule has 0 unspecified atom stereocenters. The molecule has 2 aliphatic heterocycles. The predicted octanol–water partition coefficient (Wildman–Crippen LogP) is 3.82. The standard InChI is InChI=1S/C21H17Cl2N3O4/c1-11-2-7-15(14(23)8-11)24-17(27)9-26-16-10-30-20(28)18(16)19(25-21(26)29)12-3-5-13(22)6-4-12/h2-8,19H,9-10H2,1H3,(H,24,27)(H,25,29)/t19-/m0/s1. The normalized spacial score (nSPS) is 18.1. The minimum atomic E-state index is -0.675. The molecule has 2 aromatic rings. The number of cyclic esters (lactones) is 1. The highest BCUT2D eigenvalue weighted by molar-refractivity contribution is 6.33. The first-order valence-corrected chi connectivity index (χ1v) is 9.89. The molecule has 2 aliphatic rings. The smallest absolute Gasteiger partial charge is 0.338 e. The third kappa shape index (κ3) is 3.86. The molecule has 0 bridgehead atoms. The number of halogens is 2. The number of carbonyl (C=O) groups is 3. The fraction of sp³-hybridized carbons (Fsp3) is 0.190. The molecule has 0 aromatic heterocycles. The number of esters is 1. The molecule has 0 radical (unpaired) electrons. The maximum Gasteiger partial charge on any atom is 0.338 e. The Kier molecular flexibility index (Phi) is 5.40. The molecule has 2 heterocycles. The van der Waals surface area contributed by atoms with Crippen LogP contribution in [-0.4, -0.2) is 36.0 Å². The van der Waals surface area contributed by atoms with Gasteiger partial charge in [0.2, 0.25) is 5.91 Å². The number of nitrogens with one attached hydrogen (secondary N) is 2. The Labute approximate surface area is 182 Å². The van der Waals surface area contributed by atoms with E-state index in [-0.39, 0.29) is 13.2 Å². The lowest BCUT2D eigenvalue weighted by Crippen LogP contribution is -2.49. The number of anilines is 1. The number of urea groups is 1. The maximum atomic E-state index is 12.8. The summed E-state index contributed by atoms with van der Waals surface area (Å²) < 4.78 is 5.16. The first-order valence-electron chi connectivity index (χ1n) is 9.13. The van der Waals surface area contributed by atoms with Gasteiger partial charge in [0.05, 0.1) is 28.0 Å². The lowest BCUT2D eigenvalue weighted by molar-refractivity contribution is -0.136. The average Bonchev–Trinajstić information content (AvgIpc) is 3.08. The quantitative estimate of drug-likeness (QED) is 0.700. The van der Waals surface area contributed by atoms with Crippen molar-refractivity contribution < 1.29 is 19.1 Å². The summed E-state index contributed by atoms with van der Waals surface area (Å²) in [5, 5.41) is 6.40. The molecule has 154 valence electrons. The first-order chi connectivity index (χ1) is 14.3. The van der Waals surface area contributed by atoms with Gasteiger partial charge in [-0.15, -0.1) is 0 Å². The number of carbonyl (C=O) groups excluding carboxylic acids is 3. The van der Waals surface area contributed by atoms with E-state index in [4.69, 9.17) is 27.9 Å². The highest BCUT2D eigenvalue weighted by Crippen LogP contribution is 2.35. The first kappa shape index (κ1) is 20.3. The number of hydrogen-bond acceptors (Lipinski definition) is 4. The molecule has 0 aliphatic carbocycles. The van der Waals surface area contributed by atoms with Gasteiger partial charge in [-0.3, -0.25) is 9.69 Å². The van der Waals surface area contributed by atoms with Gasteiger partial charge in [-0.2, -0.15) is 0 Å². The van der Waals surface area contributed by atoms with Crippen molar-refractivity contribution >= 4 is 46.8 Å². The number of amides is 3. The van der Waals surface area contributed by atoms with Gasteiger partial charge in [0.15, 0.2) is 0 Å². The summed E-state index contributed by atoms with van der Waals surface area (Å²) in [6.45, 7) is 1.51. The topological polar surface area (TPSA) is 87.7 Å². The van der Waals surface area contributed by atoms with Crippen molar-refractivity contribution in [1.82, 2.24) is 10.2 Å². The zero-order valence-corrected chi connectivity index (χ0v) is 17.4. The molecule has 0 saturated carbocycles. The molecule has 4 rings (SSSR count). The van der Waals surface area contributed by atoms with E-state index in [2.05, 4.69) is 10.6 Å². The van der Waals surface area contributed by atoms with Gasteiger partial charge in [-0.25, -0.2) is 9.59 Å². The van der Waals surface area contributed by atoms with Crippen molar-refractivity contribution in [2.45, 2.75) is 13.0 Å². The lowest BCUT2D eigenvalue weighted by Gasteiger charge is -2.32. The van der Waals surface area contributed by atoms with E-state index in [0.717, 1.165) is 5.56 Å². The Bertz CT molecular complexity index is 1080. The van der Waals surface area contributed by atoms with E-state index >= 15 is 0 Å². The van der Waals surface area contributed by atoms with Crippen LogP contribution in [0.25, 0.3) is 0 Å². The highest BCUT2D eigenvalue weighted by Gasteiger charge is 2.42. The summed E-state index contributed by atoms with van der Waals surface area (Å²) in [6.07, 6.45) is 0. The van der Waals surface area contributed by atoms with Crippen molar-refractivity contribution in [3.8, 4) is 0 Å². The third-order valence-corrected chi connectivity index (χ3v) is 5.47. The van der Waals surface area contributed by atoms with Gasteiger partial charge >= 0.3 is 12.0 Å². The summed E-state index contributed by atoms with van der Waals surface area (Å²) in [6, 6.07) is 10.9. The molecule has 30 heavy (non-hydrogen) atoms. The minimum absolute atomic E-state index is 0.0791. The Hall–Kier alpha value is -3.03. The Morgan fingerprint density at radius 1 is 1.20 bits per heavy atom. The van der Waals surface area contributed by atoms with Crippen LogP contribution in [0.15, 0.2) is 53.7 Å². The lowest BCUT2D eigenvalue weighted by atomic mass is 9.96. The fourth-order valence-corrected chi connectivity index (χ4v) is 3.85. The molecule has 0 spiro atoms. The summed E-state index contributed by atoms with van der Waals surface area (Å²) in [4.78, 5) is 38.9. The van der Waals surface area contributed by atoms with E-state index in [1.807, 2.05) is 13.0 Å². The number of benzene rings is 2. The van der Waals surface area contributed by atoms with Crippen molar-refractivity contribution in [3.63, 3.8) is 0 Å². The van der Waals surface area contributed by atoms with Gasteiger partial charge in [-0.05, 0) is 42.3 Å². The zero-order chi connectivity index (χ0) is 21.4. The van der Waals surface area contributed by atoms with Crippen LogP contribution in [-0.2, 0) is 14.3 Å². The number of nitrogens with zero attached hydrogens (tertiary/aromatic N) is 1. The maximum absolute atomic E-state index is 12.8.